The van der Waals surface area contributed by atoms with E-state index in [9.17, 15) is 0 Å². The highest BCUT2D eigenvalue weighted by molar-refractivity contribution is 9.08. The lowest BCUT2D eigenvalue weighted by molar-refractivity contribution is 0.559. The third-order valence-electron chi connectivity index (χ3n) is 3.86. The SMILES string of the molecule is Cc1cc(CBr)cnc1N1CC(C)Cc2ccccc21. The summed E-state index contributed by atoms with van der Waals surface area (Å²) in [5, 5.41) is 0.855. The predicted octanol–water partition coefficient (Wildman–Crippen LogP) is 4.62. The van der Waals surface area contributed by atoms with Crippen LogP contribution in [0.4, 0.5) is 11.5 Å². The summed E-state index contributed by atoms with van der Waals surface area (Å²) in [6.45, 7) is 5.50. The largest absolute Gasteiger partial charge is 0.326 e. The predicted molar refractivity (Wildman–Crippen MR) is 87.9 cm³/mol. The summed E-state index contributed by atoms with van der Waals surface area (Å²) >= 11 is 3.49. The number of para-hydroxylation sites is 1. The molecule has 20 heavy (non-hydrogen) atoms. The van der Waals surface area contributed by atoms with Gasteiger partial charge in [0.2, 0.25) is 0 Å². The number of alkyl halides is 1. The second-order valence-electron chi connectivity index (χ2n) is 5.67. The molecule has 0 saturated carbocycles. The molecule has 0 N–H and O–H groups in total. The standard InChI is InChI=1S/C17H19BrN2/c1-12-7-15-5-3-4-6-16(15)20(11-12)17-13(2)8-14(9-18)10-19-17/h3-6,8,10,12H,7,9,11H2,1-2H3. The van der Waals surface area contributed by atoms with Gasteiger partial charge in [-0.1, -0.05) is 47.1 Å². The summed E-state index contributed by atoms with van der Waals surface area (Å²) in [6, 6.07) is 10.9. The van der Waals surface area contributed by atoms with Crippen molar-refractivity contribution >= 4 is 27.4 Å². The monoisotopic (exact) mass is 330 g/mol. The van der Waals surface area contributed by atoms with Crippen LogP contribution in [-0.2, 0) is 11.8 Å². The summed E-state index contributed by atoms with van der Waals surface area (Å²) in [5.41, 5.74) is 5.21. The molecule has 0 spiro atoms. The molecule has 3 rings (SSSR count). The van der Waals surface area contributed by atoms with Gasteiger partial charge in [-0.05, 0) is 42.0 Å². The highest BCUT2D eigenvalue weighted by Crippen LogP contribution is 2.35. The molecule has 1 aromatic carbocycles. The first-order valence-corrected chi connectivity index (χ1v) is 8.18. The Morgan fingerprint density at radius 2 is 2.15 bits per heavy atom. The van der Waals surface area contributed by atoms with E-state index in [1.807, 2.05) is 6.20 Å². The quantitative estimate of drug-likeness (QED) is 0.747. The van der Waals surface area contributed by atoms with Gasteiger partial charge in [-0.25, -0.2) is 4.98 Å². The number of hydrogen-bond acceptors (Lipinski definition) is 2. The Bertz CT molecular complexity index is 624. The molecule has 1 aliphatic heterocycles. The van der Waals surface area contributed by atoms with Crippen molar-refractivity contribution in [1.82, 2.24) is 4.98 Å². The van der Waals surface area contributed by atoms with E-state index >= 15 is 0 Å². The molecule has 1 aliphatic rings. The highest BCUT2D eigenvalue weighted by Gasteiger charge is 2.24. The van der Waals surface area contributed by atoms with Crippen molar-refractivity contribution in [1.29, 1.82) is 0 Å². The van der Waals surface area contributed by atoms with E-state index in [-0.39, 0.29) is 0 Å². The average Bonchev–Trinajstić information content (AvgIpc) is 2.46. The minimum absolute atomic E-state index is 0.655. The van der Waals surface area contributed by atoms with Crippen molar-refractivity contribution < 1.29 is 0 Å². The molecule has 0 aliphatic carbocycles. The fourth-order valence-electron chi connectivity index (χ4n) is 2.98. The van der Waals surface area contributed by atoms with Gasteiger partial charge in [0.1, 0.15) is 5.82 Å². The fourth-order valence-corrected chi connectivity index (χ4v) is 3.29. The van der Waals surface area contributed by atoms with Crippen molar-refractivity contribution in [2.75, 3.05) is 11.4 Å². The van der Waals surface area contributed by atoms with E-state index in [2.05, 4.69) is 65.0 Å². The lowest BCUT2D eigenvalue weighted by Crippen LogP contribution is -2.31. The Hall–Kier alpha value is -1.35. The first-order chi connectivity index (χ1) is 9.69. The zero-order valence-corrected chi connectivity index (χ0v) is 13.5. The minimum atomic E-state index is 0.655. The van der Waals surface area contributed by atoms with Crippen LogP contribution in [0.3, 0.4) is 0 Å². The number of halogens is 1. The Morgan fingerprint density at radius 1 is 1.35 bits per heavy atom. The van der Waals surface area contributed by atoms with Gasteiger partial charge in [0.25, 0.3) is 0 Å². The van der Waals surface area contributed by atoms with Crippen LogP contribution in [0, 0.1) is 12.8 Å². The summed E-state index contributed by atoms with van der Waals surface area (Å²) in [6.07, 6.45) is 3.13. The molecule has 1 unspecified atom stereocenters. The molecule has 0 amide bonds. The van der Waals surface area contributed by atoms with Crippen molar-refractivity contribution in [3.8, 4) is 0 Å². The number of aryl methyl sites for hydroxylation is 1. The van der Waals surface area contributed by atoms with Crippen LogP contribution in [0.2, 0.25) is 0 Å². The molecule has 0 fully saturated rings. The Labute approximate surface area is 129 Å². The molecular weight excluding hydrogens is 312 g/mol. The topological polar surface area (TPSA) is 16.1 Å². The first kappa shape index (κ1) is 13.6. The number of pyridine rings is 1. The van der Waals surface area contributed by atoms with Crippen LogP contribution < -0.4 is 4.90 Å². The zero-order valence-electron chi connectivity index (χ0n) is 11.9. The summed E-state index contributed by atoms with van der Waals surface area (Å²) in [7, 11) is 0. The average molecular weight is 331 g/mol. The van der Waals surface area contributed by atoms with Crippen LogP contribution in [0.5, 0.6) is 0 Å². The Balaban J connectivity index is 2.06. The third-order valence-corrected chi connectivity index (χ3v) is 4.51. The number of rotatable bonds is 2. The Morgan fingerprint density at radius 3 is 2.90 bits per heavy atom. The lowest BCUT2D eigenvalue weighted by atomic mass is 9.93. The number of fused-ring (bicyclic) bond motifs is 1. The maximum Gasteiger partial charge on any atom is 0.135 e. The lowest BCUT2D eigenvalue weighted by Gasteiger charge is -2.34. The number of benzene rings is 1. The highest BCUT2D eigenvalue weighted by atomic mass is 79.9. The van der Waals surface area contributed by atoms with E-state index < -0.39 is 0 Å². The van der Waals surface area contributed by atoms with Gasteiger partial charge in [0, 0.05) is 23.8 Å². The molecule has 2 aromatic rings. The normalized spacial score (nSPS) is 17.9. The smallest absolute Gasteiger partial charge is 0.135 e. The van der Waals surface area contributed by atoms with E-state index in [0.717, 1.165) is 24.1 Å². The van der Waals surface area contributed by atoms with Crippen molar-refractivity contribution in [2.45, 2.75) is 25.6 Å². The number of aromatic nitrogens is 1. The molecule has 0 radical (unpaired) electrons. The number of anilines is 2. The van der Waals surface area contributed by atoms with Crippen LogP contribution >= 0.6 is 15.9 Å². The van der Waals surface area contributed by atoms with E-state index in [1.54, 1.807) is 0 Å². The van der Waals surface area contributed by atoms with E-state index in [1.165, 1.54) is 22.4 Å². The van der Waals surface area contributed by atoms with Gasteiger partial charge in [0.15, 0.2) is 0 Å². The molecule has 3 heteroatoms. The maximum atomic E-state index is 4.70. The summed E-state index contributed by atoms with van der Waals surface area (Å²) in [5.74, 6) is 1.75. The van der Waals surface area contributed by atoms with Gasteiger partial charge in [-0.15, -0.1) is 0 Å². The van der Waals surface area contributed by atoms with E-state index in [4.69, 9.17) is 4.98 Å². The van der Waals surface area contributed by atoms with Gasteiger partial charge in [0.05, 0.1) is 0 Å². The Kier molecular flexibility index (Phi) is 3.79. The molecule has 104 valence electrons. The molecule has 1 aromatic heterocycles. The van der Waals surface area contributed by atoms with Crippen molar-refractivity contribution in [3.63, 3.8) is 0 Å². The minimum Gasteiger partial charge on any atom is -0.326 e. The van der Waals surface area contributed by atoms with Crippen LogP contribution in [0.25, 0.3) is 0 Å². The molecule has 2 heterocycles. The zero-order chi connectivity index (χ0) is 14.1. The molecule has 2 nitrogen and oxygen atoms in total. The molecule has 0 bridgehead atoms. The van der Waals surface area contributed by atoms with Crippen LogP contribution in [-0.4, -0.2) is 11.5 Å². The third kappa shape index (κ3) is 2.47. The van der Waals surface area contributed by atoms with Crippen molar-refractivity contribution in [3.05, 3.63) is 53.2 Å². The fraction of sp³-hybridized carbons (Fsp3) is 0.353. The van der Waals surface area contributed by atoms with Crippen LogP contribution in [0.15, 0.2) is 36.5 Å². The van der Waals surface area contributed by atoms with Gasteiger partial charge >= 0.3 is 0 Å². The first-order valence-electron chi connectivity index (χ1n) is 7.06. The van der Waals surface area contributed by atoms with Gasteiger partial charge < -0.3 is 4.90 Å². The summed E-state index contributed by atoms with van der Waals surface area (Å²) in [4.78, 5) is 7.07. The van der Waals surface area contributed by atoms with Crippen LogP contribution in [0.1, 0.15) is 23.6 Å². The summed E-state index contributed by atoms with van der Waals surface area (Å²) < 4.78 is 0. The second kappa shape index (κ2) is 5.57. The van der Waals surface area contributed by atoms with Gasteiger partial charge in [-0.3, -0.25) is 0 Å². The maximum absolute atomic E-state index is 4.70. The molecule has 0 saturated heterocycles. The van der Waals surface area contributed by atoms with E-state index in [0.29, 0.717) is 5.92 Å². The van der Waals surface area contributed by atoms with Gasteiger partial charge in [-0.2, -0.15) is 0 Å². The second-order valence-corrected chi connectivity index (χ2v) is 6.23. The number of hydrogen-bond donors (Lipinski definition) is 0. The molecule has 1 atom stereocenters. The molecular formula is C17H19BrN2. The van der Waals surface area contributed by atoms with Crippen molar-refractivity contribution in [2.24, 2.45) is 5.92 Å². The number of nitrogens with zero attached hydrogens (tertiary/aromatic N) is 2.